The van der Waals surface area contributed by atoms with Gasteiger partial charge in [-0.25, -0.2) is 0 Å². The van der Waals surface area contributed by atoms with E-state index in [1.165, 1.54) is 18.2 Å². The maximum atomic E-state index is 12.1. The summed E-state index contributed by atoms with van der Waals surface area (Å²) in [7, 11) is 1.57. The third kappa shape index (κ3) is 3.67. The first-order valence-electron chi connectivity index (χ1n) is 6.97. The molecule has 0 spiro atoms. The topological polar surface area (TPSA) is 55.8 Å². The van der Waals surface area contributed by atoms with E-state index in [2.05, 4.69) is 0 Å². The number of allylic oxidation sites excluding steroid dienone is 1. The minimum atomic E-state index is -0.149. The van der Waals surface area contributed by atoms with Crippen LogP contribution < -0.4 is 9.47 Å². The SMILES string of the molecule is CCOc1cccc(C=CC(=O)c2ccc(O)cc2)c1OC. The molecule has 0 aliphatic heterocycles. The summed E-state index contributed by atoms with van der Waals surface area (Å²) in [6.45, 7) is 2.44. The van der Waals surface area contributed by atoms with E-state index in [4.69, 9.17) is 9.47 Å². The predicted octanol–water partition coefficient (Wildman–Crippen LogP) is 3.70. The van der Waals surface area contributed by atoms with Gasteiger partial charge in [-0.2, -0.15) is 0 Å². The van der Waals surface area contributed by atoms with Crippen LogP contribution in [0, 0.1) is 0 Å². The molecule has 22 heavy (non-hydrogen) atoms. The minimum Gasteiger partial charge on any atom is -0.508 e. The molecule has 2 rings (SSSR count). The Morgan fingerprint density at radius 2 is 1.91 bits per heavy atom. The Kier molecular flexibility index (Phi) is 5.20. The van der Waals surface area contributed by atoms with Crippen LogP contribution in [-0.2, 0) is 0 Å². The number of para-hydroxylation sites is 1. The lowest BCUT2D eigenvalue weighted by molar-refractivity contribution is 0.104. The number of hydrogen-bond acceptors (Lipinski definition) is 4. The summed E-state index contributed by atoms with van der Waals surface area (Å²) in [6, 6.07) is 11.6. The van der Waals surface area contributed by atoms with E-state index in [1.54, 1.807) is 25.3 Å². The van der Waals surface area contributed by atoms with E-state index in [-0.39, 0.29) is 11.5 Å². The van der Waals surface area contributed by atoms with Crippen molar-refractivity contribution in [1.82, 2.24) is 0 Å². The second-order valence-electron chi connectivity index (χ2n) is 4.56. The van der Waals surface area contributed by atoms with Crippen LogP contribution in [0.1, 0.15) is 22.8 Å². The number of phenols is 1. The first kappa shape index (κ1) is 15.6. The molecular formula is C18H18O4. The molecule has 0 bridgehead atoms. The molecule has 0 saturated carbocycles. The number of aromatic hydroxyl groups is 1. The van der Waals surface area contributed by atoms with Gasteiger partial charge in [0, 0.05) is 11.1 Å². The molecule has 0 atom stereocenters. The zero-order valence-corrected chi connectivity index (χ0v) is 12.6. The first-order valence-corrected chi connectivity index (χ1v) is 6.97. The number of carbonyl (C=O) groups is 1. The van der Waals surface area contributed by atoms with Gasteiger partial charge < -0.3 is 14.6 Å². The lowest BCUT2D eigenvalue weighted by atomic mass is 10.1. The van der Waals surface area contributed by atoms with E-state index in [1.807, 2.05) is 25.1 Å². The van der Waals surface area contributed by atoms with Crippen LogP contribution in [0.25, 0.3) is 6.08 Å². The summed E-state index contributed by atoms with van der Waals surface area (Å²) in [4.78, 5) is 12.1. The second-order valence-corrected chi connectivity index (χ2v) is 4.56. The molecule has 114 valence electrons. The number of ether oxygens (including phenoxy) is 2. The highest BCUT2D eigenvalue weighted by atomic mass is 16.5. The Balaban J connectivity index is 2.24. The fraction of sp³-hybridized carbons (Fsp3) is 0.167. The summed E-state index contributed by atoms with van der Waals surface area (Å²) < 4.78 is 10.9. The average Bonchev–Trinajstić information content (AvgIpc) is 2.53. The normalized spacial score (nSPS) is 10.6. The summed E-state index contributed by atoms with van der Waals surface area (Å²) in [6.07, 6.45) is 3.16. The molecule has 2 aromatic rings. The van der Waals surface area contributed by atoms with Crippen LogP contribution in [0.2, 0.25) is 0 Å². The summed E-state index contributed by atoms with van der Waals surface area (Å²) in [5, 5.41) is 9.24. The van der Waals surface area contributed by atoms with Crippen molar-refractivity contribution in [2.45, 2.75) is 6.92 Å². The maximum Gasteiger partial charge on any atom is 0.185 e. The van der Waals surface area contributed by atoms with Crippen LogP contribution in [0.3, 0.4) is 0 Å². The standard InChI is InChI=1S/C18H18O4/c1-3-22-17-6-4-5-14(18(17)21-2)9-12-16(20)13-7-10-15(19)11-8-13/h4-12,19H,3H2,1-2H3. The quantitative estimate of drug-likeness (QED) is 0.652. The van der Waals surface area contributed by atoms with Gasteiger partial charge in [-0.15, -0.1) is 0 Å². The maximum absolute atomic E-state index is 12.1. The van der Waals surface area contributed by atoms with Gasteiger partial charge in [0.25, 0.3) is 0 Å². The highest BCUT2D eigenvalue weighted by Crippen LogP contribution is 2.31. The van der Waals surface area contributed by atoms with Crippen molar-refractivity contribution >= 4 is 11.9 Å². The number of ketones is 1. The zero-order valence-electron chi connectivity index (χ0n) is 12.6. The Hall–Kier alpha value is -2.75. The third-order valence-electron chi connectivity index (χ3n) is 3.08. The Morgan fingerprint density at radius 3 is 2.55 bits per heavy atom. The van der Waals surface area contributed by atoms with Gasteiger partial charge >= 0.3 is 0 Å². The summed E-state index contributed by atoms with van der Waals surface area (Å²) >= 11 is 0. The van der Waals surface area contributed by atoms with E-state index < -0.39 is 0 Å². The molecule has 0 unspecified atom stereocenters. The van der Waals surface area contributed by atoms with Crippen LogP contribution in [0.4, 0.5) is 0 Å². The predicted molar refractivity (Wildman–Crippen MR) is 85.6 cm³/mol. The largest absolute Gasteiger partial charge is 0.508 e. The molecule has 0 fully saturated rings. The van der Waals surface area contributed by atoms with Gasteiger partial charge in [-0.05, 0) is 49.4 Å². The number of hydrogen-bond donors (Lipinski definition) is 1. The summed E-state index contributed by atoms with van der Waals surface area (Å²) in [5.74, 6) is 1.22. The molecule has 0 radical (unpaired) electrons. The van der Waals surface area contributed by atoms with Crippen LogP contribution in [-0.4, -0.2) is 24.6 Å². The van der Waals surface area contributed by atoms with Crippen molar-refractivity contribution in [3.8, 4) is 17.2 Å². The molecular weight excluding hydrogens is 280 g/mol. The van der Waals surface area contributed by atoms with Gasteiger partial charge in [-0.1, -0.05) is 12.1 Å². The molecule has 0 aromatic heterocycles. The van der Waals surface area contributed by atoms with Crippen molar-refractivity contribution in [2.24, 2.45) is 0 Å². The van der Waals surface area contributed by atoms with E-state index in [9.17, 15) is 9.90 Å². The van der Waals surface area contributed by atoms with Crippen molar-refractivity contribution in [3.05, 3.63) is 59.7 Å². The minimum absolute atomic E-state index is 0.131. The Labute approximate surface area is 129 Å². The molecule has 0 aliphatic carbocycles. The van der Waals surface area contributed by atoms with Crippen LogP contribution in [0.5, 0.6) is 17.2 Å². The van der Waals surface area contributed by atoms with E-state index in [0.717, 1.165) is 5.56 Å². The van der Waals surface area contributed by atoms with Gasteiger partial charge in [0.05, 0.1) is 13.7 Å². The van der Waals surface area contributed by atoms with E-state index >= 15 is 0 Å². The molecule has 0 heterocycles. The highest BCUT2D eigenvalue weighted by molar-refractivity contribution is 6.07. The highest BCUT2D eigenvalue weighted by Gasteiger charge is 2.08. The Bertz CT molecular complexity index is 672. The lowest BCUT2D eigenvalue weighted by Gasteiger charge is -2.11. The van der Waals surface area contributed by atoms with Gasteiger partial charge in [0.2, 0.25) is 0 Å². The molecule has 0 aliphatic rings. The smallest absolute Gasteiger partial charge is 0.185 e. The molecule has 0 amide bonds. The first-order chi connectivity index (χ1) is 10.7. The number of phenolic OH excluding ortho intramolecular Hbond substituents is 1. The van der Waals surface area contributed by atoms with E-state index in [0.29, 0.717) is 23.7 Å². The fourth-order valence-electron chi connectivity index (χ4n) is 2.04. The number of benzene rings is 2. The average molecular weight is 298 g/mol. The fourth-order valence-corrected chi connectivity index (χ4v) is 2.04. The zero-order chi connectivity index (χ0) is 15.9. The molecule has 4 heteroatoms. The number of methoxy groups -OCH3 is 1. The molecule has 4 nitrogen and oxygen atoms in total. The molecule has 0 saturated heterocycles. The Morgan fingerprint density at radius 1 is 1.18 bits per heavy atom. The van der Waals surface area contributed by atoms with Crippen LogP contribution in [0.15, 0.2) is 48.5 Å². The van der Waals surface area contributed by atoms with Gasteiger partial charge in [0.1, 0.15) is 5.75 Å². The van der Waals surface area contributed by atoms with Gasteiger partial charge in [0.15, 0.2) is 17.3 Å². The van der Waals surface area contributed by atoms with Crippen molar-refractivity contribution in [3.63, 3.8) is 0 Å². The van der Waals surface area contributed by atoms with Crippen molar-refractivity contribution in [1.29, 1.82) is 0 Å². The second kappa shape index (κ2) is 7.31. The van der Waals surface area contributed by atoms with Gasteiger partial charge in [-0.3, -0.25) is 4.79 Å². The van der Waals surface area contributed by atoms with Crippen LogP contribution >= 0.6 is 0 Å². The lowest BCUT2D eigenvalue weighted by Crippen LogP contribution is -1.97. The third-order valence-corrected chi connectivity index (χ3v) is 3.08. The molecule has 2 aromatic carbocycles. The van der Waals surface area contributed by atoms with Crippen molar-refractivity contribution in [2.75, 3.05) is 13.7 Å². The van der Waals surface area contributed by atoms with Crippen molar-refractivity contribution < 1.29 is 19.4 Å². The number of rotatable bonds is 6. The molecule has 1 N–H and O–H groups in total. The monoisotopic (exact) mass is 298 g/mol. The number of carbonyl (C=O) groups excluding carboxylic acids is 1. The summed E-state index contributed by atoms with van der Waals surface area (Å²) in [5.41, 5.74) is 1.27.